The number of allylic oxidation sites excluding steroid dienone is 1. The number of methoxy groups -OCH3 is 1. The molecule has 0 spiro atoms. The lowest BCUT2D eigenvalue weighted by Gasteiger charge is -2.16. The lowest BCUT2D eigenvalue weighted by atomic mass is 10.0. The quantitative estimate of drug-likeness (QED) is 0.118. The SMILES string of the molecule is C=CCc1cc(/C=C(/C#N)C(=O)NCCCc2ccccc2)cc(OC)c1OCc1ccc(Cl)c(Cl)c1. The Balaban J connectivity index is 1.74. The van der Waals surface area contributed by atoms with Crippen LogP contribution in [0.1, 0.15) is 28.7 Å². The molecule has 0 unspecified atom stereocenters. The van der Waals surface area contributed by atoms with Crippen LogP contribution in [-0.4, -0.2) is 19.6 Å². The summed E-state index contributed by atoms with van der Waals surface area (Å²) in [5.74, 6) is 0.612. The van der Waals surface area contributed by atoms with E-state index < -0.39 is 5.91 Å². The van der Waals surface area contributed by atoms with Crippen molar-refractivity contribution < 1.29 is 14.3 Å². The molecular weight excluding hydrogens is 507 g/mol. The molecule has 3 rings (SSSR count). The Labute approximate surface area is 227 Å². The van der Waals surface area contributed by atoms with E-state index in [1.54, 1.807) is 30.4 Å². The molecule has 0 aliphatic carbocycles. The maximum absolute atomic E-state index is 12.6. The number of ether oxygens (including phenoxy) is 2. The number of benzene rings is 3. The molecule has 37 heavy (non-hydrogen) atoms. The van der Waals surface area contributed by atoms with Crippen molar-refractivity contribution in [2.75, 3.05) is 13.7 Å². The fourth-order valence-corrected chi connectivity index (χ4v) is 4.04. The number of nitriles is 1. The Morgan fingerprint density at radius 2 is 1.86 bits per heavy atom. The number of carbonyl (C=O) groups excluding carboxylic acids is 1. The molecule has 3 aromatic rings. The summed E-state index contributed by atoms with van der Waals surface area (Å²) in [4.78, 5) is 12.6. The second-order valence-corrected chi connectivity index (χ2v) is 9.07. The van der Waals surface area contributed by atoms with E-state index in [0.717, 1.165) is 24.0 Å². The molecule has 0 saturated carbocycles. The molecule has 0 aliphatic heterocycles. The Hall–Kier alpha value is -3.72. The number of amides is 1. The van der Waals surface area contributed by atoms with Crippen molar-refractivity contribution in [1.82, 2.24) is 5.32 Å². The average Bonchev–Trinajstić information content (AvgIpc) is 2.91. The largest absolute Gasteiger partial charge is 0.493 e. The van der Waals surface area contributed by atoms with Gasteiger partial charge in [0.15, 0.2) is 11.5 Å². The van der Waals surface area contributed by atoms with Crippen LogP contribution >= 0.6 is 23.2 Å². The summed E-state index contributed by atoms with van der Waals surface area (Å²) in [5, 5.41) is 13.4. The van der Waals surface area contributed by atoms with Crippen molar-refractivity contribution in [3.8, 4) is 17.6 Å². The second kappa shape index (κ2) is 14.1. The van der Waals surface area contributed by atoms with Crippen molar-refractivity contribution in [2.24, 2.45) is 0 Å². The summed E-state index contributed by atoms with van der Waals surface area (Å²) in [6.45, 7) is 4.55. The van der Waals surface area contributed by atoms with Crippen LogP contribution in [0.2, 0.25) is 10.0 Å². The maximum atomic E-state index is 12.6. The Kier molecular flexibility index (Phi) is 10.6. The van der Waals surface area contributed by atoms with Gasteiger partial charge >= 0.3 is 0 Å². The molecular formula is C30H28Cl2N2O3. The van der Waals surface area contributed by atoms with Gasteiger partial charge in [-0.3, -0.25) is 4.79 Å². The van der Waals surface area contributed by atoms with E-state index in [4.69, 9.17) is 32.7 Å². The van der Waals surface area contributed by atoms with Gasteiger partial charge in [-0.05, 0) is 66.3 Å². The Morgan fingerprint density at radius 3 is 2.54 bits per heavy atom. The molecule has 0 fully saturated rings. The van der Waals surface area contributed by atoms with Gasteiger partial charge in [0.2, 0.25) is 0 Å². The van der Waals surface area contributed by atoms with Crippen LogP contribution in [-0.2, 0) is 24.2 Å². The number of hydrogen-bond acceptors (Lipinski definition) is 4. The highest BCUT2D eigenvalue weighted by Gasteiger charge is 2.15. The minimum atomic E-state index is -0.417. The zero-order chi connectivity index (χ0) is 26.6. The minimum absolute atomic E-state index is 0.00999. The number of aryl methyl sites for hydroxylation is 1. The van der Waals surface area contributed by atoms with Gasteiger partial charge in [0.25, 0.3) is 5.91 Å². The highest BCUT2D eigenvalue weighted by atomic mass is 35.5. The molecule has 0 aliphatic rings. The zero-order valence-electron chi connectivity index (χ0n) is 20.6. The van der Waals surface area contributed by atoms with E-state index >= 15 is 0 Å². The Morgan fingerprint density at radius 1 is 1.08 bits per heavy atom. The number of carbonyl (C=O) groups is 1. The van der Waals surface area contributed by atoms with Crippen molar-refractivity contribution in [3.63, 3.8) is 0 Å². The molecule has 0 saturated heterocycles. The molecule has 0 heterocycles. The first-order valence-corrected chi connectivity index (χ1v) is 12.5. The van der Waals surface area contributed by atoms with Crippen LogP contribution in [0.4, 0.5) is 0 Å². The monoisotopic (exact) mass is 534 g/mol. The number of rotatable bonds is 12. The third-order valence-electron chi connectivity index (χ3n) is 5.55. The van der Waals surface area contributed by atoms with Crippen LogP contribution < -0.4 is 14.8 Å². The van der Waals surface area contributed by atoms with E-state index in [9.17, 15) is 10.1 Å². The zero-order valence-corrected chi connectivity index (χ0v) is 22.1. The van der Waals surface area contributed by atoms with Crippen molar-refractivity contribution >= 4 is 35.2 Å². The first-order chi connectivity index (χ1) is 17.9. The van der Waals surface area contributed by atoms with Gasteiger partial charge in [-0.2, -0.15) is 5.26 Å². The van der Waals surface area contributed by atoms with Gasteiger partial charge in [0, 0.05) is 12.1 Å². The van der Waals surface area contributed by atoms with Crippen LogP contribution in [0.3, 0.4) is 0 Å². The minimum Gasteiger partial charge on any atom is -0.493 e. The Bertz CT molecular complexity index is 1310. The van der Waals surface area contributed by atoms with Crippen LogP contribution in [0.5, 0.6) is 11.5 Å². The van der Waals surface area contributed by atoms with Crippen molar-refractivity contribution in [2.45, 2.75) is 25.9 Å². The maximum Gasteiger partial charge on any atom is 0.261 e. The third kappa shape index (κ3) is 8.15. The molecule has 0 aromatic heterocycles. The summed E-state index contributed by atoms with van der Waals surface area (Å²) in [7, 11) is 1.54. The standard InChI is InChI=1S/C30H28Cl2N2O3/c1-3-8-24-15-23(16-25(19-33)30(35)34-14-7-11-21-9-5-4-6-10-21)18-28(36-2)29(24)37-20-22-12-13-26(31)27(32)17-22/h3-6,9-10,12-13,15-18H,1,7-8,11,14,20H2,2H3,(H,34,35)/b25-16-. The fraction of sp³-hybridized carbons (Fsp3) is 0.200. The highest BCUT2D eigenvalue weighted by Crippen LogP contribution is 2.35. The summed E-state index contributed by atoms with van der Waals surface area (Å²) in [6.07, 6.45) is 5.42. The van der Waals surface area contributed by atoms with E-state index in [-0.39, 0.29) is 12.2 Å². The second-order valence-electron chi connectivity index (χ2n) is 8.26. The lowest BCUT2D eigenvalue weighted by Crippen LogP contribution is -2.25. The van der Waals surface area contributed by atoms with E-state index in [2.05, 4.69) is 24.0 Å². The predicted octanol–water partition coefficient (Wildman–Crippen LogP) is 6.97. The van der Waals surface area contributed by atoms with Gasteiger partial charge in [0.05, 0.1) is 17.2 Å². The summed E-state index contributed by atoms with van der Waals surface area (Å²) in [5.41, 5.74) is 3.51. The number of halogens is 2. The normalized spacial score (nSPS) is 10.9. The first kappa shape index (κ1) is 27.9. The van der Waals surface area contributed by atoms with Gasteiger partial charge < -0.3 is 14.8 Å². The number of nitrogens with zero attached hydrogens (tertiary/aromatic N) is 1. The predicted molar refractivity (Wildman–Crippen MR) is 149 cm³/mol. The van der Waals surface area contributed by atoms with Crippen LogP contribution in [0.15, 0.2) is 78.9 Å². The van der Waals surface area contributed by atoms with Gasteiger partial charge in [-0.1, -0.05) is 65.7 Å². The third-order valence-corrected chi connectivity index (χ3v) is 6.29. The van der Waals surface area contributed by atoms with Crippen molar-refractivity contribution in [3.05, 3.63) is 111 Å². The summed E-state index contributed by atoms with van der Waals surface area (Å²) in [6, 6.07) is 20.9. The summed E-state index contributed by atoms with van der Waals surface area (Å²) < 4.78 is 11.7. The first-order valence-electron chi connectivity index (χ1n) is 11.8. The molecule has 5 nitrogen and oxygen atoms in total. The van der Waals surface area contributed by atoms with Gasteiger partial charge in [-0.25, -0.2) is 0 Å². The molecule has 0 bridgehead atoms. The average molecular weight is 535 g/mol. The summed E-state index contributed by atoms with van der Waals surface area (Å²) >= 11 is 12.1. The molecule has 0 radical (unpaired) electrons. The van der Waals surface area contributed by atoms with Crippen LogP contribution in [0, 0.1) is 11.3 Å². The number of nitrogens with one attached hydrogen (secondary N) is 1. The van der Waals surface area contributed by atoms with E-state index in [0.29, 0.717) is 40.1 Å². The molecule has 7 heteroatoms. The van der Waals surface area contributed by atoms with Gasteiger partial charge in [-0.15, -0.1) is 6.58 Å². The molecule has 1 amide bonds. The highest BCUT2D eigenvalue weighted by molar-refractivity contribution is 6.42. The smallest absolute Gasteiger partial charge is 0.261 e. The van der Waals surface area contributed by atoms with E-state index in [1.807, 2.05) is 36.4 Å². The van der Waals surface area contributed by atoms with Gasteiger partial charge in [0.1, 0.15) is 18.2 Å². The van der Waals surface area contributed by atoms with E-state index in [1.165, 1.54) is 12.7 Å². The van der Waals surface area contributed by atoms with Crippen molar-refractivity contribution in [1.29, 1.82) is 5.26 Å². The number of hydrogen-bond donors (Lipinski definition) is 1. The lowest BCUT2D eigenvalue weighted by molar-refractivity contribution is -0.117. The van der Waals surface area contributed by atoms with Crippen LogP contribution in [0.25, 0.3) is 6.08 Å². The molecule has 190 valence electrons. The fourth-order valence-electron chi connectivity index (χ4n) is 3.72. The molecule has 3 aromatic carbocycles. The molecule has 0 atom stereocenters. The topological polar surface area (TPSA) is 71.4 Å². The molecule has 1 N–H and O–H groups in total.